The summed E-state index contributed by atoms with van der Waals surface area (Å²) in [6.45, 7) is 1.94. The number of benzene rings is 2. The van der Waals surface area contributed by atoms with Crippen molar-refractivity contribution in [3.63, 3.8) is 0 Å². The van der Waals surface area contributed by atoms with Crippen LogP contribution in [-0.2, 0) is 4.79 Å². The van der Waals surface area contributed by atoms with Crippen LogP contribution >= 0.6 is 15.9 Å². The monoisotopic (exact) mass is 349 g/mol. The van der Waals surface area contributed by atoms with Crippen molar-refractivity contribution in [3.8, 4) is 11.5 Å². The molecule has 0 aliphatic heterocycles. The molecule has 1 amide bonds. The molecule has 2 rings (SSSR count). The first kappa shape index (κ1) is 15.4. The predicted molar refractivity (Wildman–Crippen MR) is 86.0 cm³/mol. The van der Waals surface area contributed by atoms with Crippen LogP contribution < -0.4 is 14.8 Å². The van der Waals surface area contributed by atoms with Gasteiger partial charge in [-0.15, -0.1) is 0 Å². The number of ether oxygens (including phenoxy) is 2. The average molecular weight is 350 g/mol. The molecule has 4 nitrogen and oxygen atoms in total. The van der Waals surface area contributed by atoms with Gasteiger partial charge in [-0.2, -0.15) is 0 Å². The van der Waals surface area contributed by atoms with Crippen molar-refractivity contribution in [2.75, 3.05) is 19.0 Å². The molecule has 0 unspecified atom stereocenters. The maximum absolute atomic E-state index is 11.8. The van der Waals surface area contributed by atoms with Gasteiger partial charge in [0.1, 0.15) is 11.5 Å². The Labute approximate surface area is 132 Å². The summed E-state index contributed by atoms with van der Waals surface area (Å²) >= 11 is 3.41. The number of nitrogens with one attached hydrogen (secondary N) is 1. The summed E-state index contributed by atoms with van der Waals surface area (Å²) in [7, 11) is 1.60. The van der Waals surface area contributed by atoms with Gasteiger partial charge in [-0.3, -0.25) is 4.79 Å². The van der Waals surface area contributed by atoms with E-state index < -0.39 is 0 Å². The molecule has 0 saturated carbocycles. The molecular formula is C16H16BrNO3. The van der Waals surface area contributed by atoms with E-state index in [0.717, 1.165) is 15.8 Å². The SMILES string of the molecule is COc1ccc(NC(=O)COc2ccc(C)cc2Br)cc1. The lowest BCUT2D eigenvalue weighted by atomic mass is 10.2. The summed E-state index contributed by atoms with van der Waals surface area (Å²) in [6, 6.07) is 12.8. The van der Waals surface area contributed by atoms with E-state index in [0.29, 0.717) is 11.4 Å². The van der Waals surface area contributed by atoms with E-state index in [1.165, 1.54) is 0 Å². The van der Waals surface area contributed by atoms with Crippen molar-refractivity contribution in [2.24, 2.45) is 0 Å². The zero-order valence-electron chi connectivity index (χ0n) is 11.9. The number of aryl methyl sites for hydroxylation is 1. The van der Waals surface area contributed by atoms with Gasteiger partial charge >= 0.3 is 0 Å². The van der Waals surface area contributed by atoms with Crippen LogP contribution in [0.4, 0.5) is 5.69 Å². The third-order valence-corrected chi connectivity index (χ3v) is 3.44. The number of rotatable bonds is 5. The Morgan fingerprint density at radius 1 is 1.19 bits per heavy atom. The molecule has 1 N–H and O–H groups in total. The van der Waals surface area contributed by atoms with Crippen molar-refractivity contribution in [2.45, 2.75) is 6.92 Å². The molecule has 0 atom stereocenters. The van der Waals surface area contributed by atoms with Crippen molar-refractivity contribution in [3.05, 3.63) is 52.5 Å². The molecule has 0 aliphatic rings. The van der Waals surface area contributed by atoms with Gasteiger partial charge < -0.3 is 14.8 Å². The molecule has 21 heavy (non-hydrogen) atoms. The van der Waals surface area contributed by atoms with Crippen LogP contribution in [0.2, 0.25) is 0 Å². The van der Waals surface area contributed by atoms with E-state index in [1.54, 1.807) is 31.4 Å². The van der Waals surface area contributed by atoms with Gasteiger partial charge in [0, 0.05) is 5.69 Å². The first-order valence-corrected chi connectivity index (χ1v) is 7.20. The number of hydrogen-bond donors (Lipinski definition) is 1. The predicted octanol–water partition coefficient (Wildman–Crippen LogP) is 3.78. The first-order valence-electron chi connectivity index (χ1n) is 6.41. The van der Waals surface area contributed by atoms with Gasteiger partial charge in [-0.05, 0) is 64.8 Å². The highest BCUT2D eigenvalue weighted by Gasteiger charge is 2.06. The summed E-state index contributed by atoms with van der Waals surface area (Å²) in [5.74, 6) is 1.17. The summed E-state index contributed by atoms with van der Waals surface area (Å²) in [5.41, 5.74) is 1.82. The molecule has 110 valence electrons. The zero-order valence-corrected chi connectivity index (χ0v) is 13.4. The standard InChI is InChI=1S/C16H16BrNO3/c1-11-3-8-15(14(17)9-11)21-10-16(19)18-12-4-6-13(20-2)7-5-12/h3-9H,10H2,1-2H3,(H,18,19). The van der Waals surface area contributed by atoms with Crippen LogP contribution in [0.15, 0.2) is 46.9 Å². The van der Waals surface area contributed by atoms with Crippen LogP contribution in [0, 0.1) is 6.92 Å². The molecule has 5 heteroatoms. The first-order chi connectivity index (χ1) is 10.1. The summed E-state index contributed by atoms with van der Waals surface area (Å²) in [6.07, 6.45) is 0. The van der Waals surface area contributed by atoms with E-state index >= 15 is 0 Å². The average Bonchev–Trinajstić information content (AvgIpc) is 2.47. The second-order valence-electron chi connectivity index (χ2n) is 4.50. The van der Waals surface area contributed by atoms with E-state index in [-0.39, 0.29) is 12.5 Å². The Morgan fingerprint density at radius 3 is 2.52 bits per heavy atom. The summed E-state index contributed by atoms with van der Waals surface area (Å²) < 4.78 is 11.4. The second-order valence-corrected chi connectivity index (χ2v) is 5.35. The number of carbonyl (C=O) groups is 1. The zero-order chi connectivity index (χ0) is 15.2. The summed E-state index contributed by atoms with van der Waals surface area (Å²) in [5, 5.41) is 2.76. The van der Waals surface area contributed by atoms with Crippen LogP contribution in [0.1, 0.15) is 5.56 Å². The van der Waals surface area contributed by atoms with Crippen molar-refractivity contribution in [1.29, 1.82) is 0 Å². The third kappa shape index (κ3) is 4.49. The van der Waals surface area contributed by atoms with Gasteiger partial charge in [0.25, 0.3) is 5.91 Å². The van der Waals surface area contributed by atoms with E-state index in [9.17, 15) is 4.79 Å². The molecule has 2 aromatic rings. The smallest absolute Gasteiger partial charge is 0.262 e. The second kappa shape index (κ2) is 7.13. The van der Waals surface area contributed by atoms with Crippen LogP contribution in [0.3, 0.4) is 0 Å². The van der Waals surface area contributed by atoms with Crippen molar-refractivity contribution >= 4 is 27.5 Å². The van der Waals surface area contributed by atoms with Gasteiger partial charge in [0.05, 0.1) is 11.6 Å². The number of amides is 1. The minimum absolute atomic E-state index is 0.0479. The lowest BCUT2D eigenvalue weighted by molar-refractivity contribution is -0.118. The Hall–Kier alpha value is -2.01. The van der Waals surface area contributed by atoms with Crippen molar-refractivity contribution in [1.82, 2.24) is 0 Å². The Morgan fingerprint density at radius 2 is 1.90 bits per heavy atom. The summed E-state index contributed by atoms with van der Waals surface area (Å²) in [4.78, 5) is 11.8. The van der Waals surface area contributed by atoms with E-state index in [2.05, 4.69) is 21.2 Å². The highest BCUT2D eigenvalue weighted by atomic mass is 79.9. The molecule has 0 saturated heterocycles. The molecule has 0 spiro atoms. The highest BCUT2D eigenvalue weighted by molar-refractivity contribution is 9.10. The molecule has 2 aromatic carbocycles. The molecule has 0 fully saturated rings. The van der Waals surface area contributed by atoms with Gasteiger partial charge in [-0.25, -0.2) is 0 Å². The number of halogens is 1. The lowest BCUT2D eigenvalue weighted by Crippen LogP contribution is -2.20. The Balaban J connectivity index is 1.89. The van der Waals surface area contributed by atoms with Crippen molar-refractivity contribution < 1.29 is 14.3 Å². The quantitative estimate of drug-likeness (QED) is 0.893. The third-order valence-electron chi connectivity index (χ3n) is 2.82. The highest BCUT2D eigenvalue weighted by Crippen LogP contribution is 2.25. The van der Waals surface area contributed by atoms with Gasteiger partial charge in [0.2, 0.25) is 0 Å². The van der Waals surface area contributed by atoms with E-state index in [1.807, 2.05) is 25.1 Å². The van der Waals surface area contributed by atoms with Crippen LogP contribution in [0.5, 0.6) is 11.5 Å². The maximum atomic E-state index is 11.8. The molecule has 0 radical (unpaired) electrons. The maximum Gasteiger partial charge on any atom is 0.262 e. The Kier molecular flexibility index (Phi) is 5.22. The molecule has 0 aromatic heterocycles. The normalized spacial score (nSPS) is 10.0. The van der Waals surface area contributed by atoms with Crippen LogP contribution in [-0.4, -0.2) is 19.6 Å². The fraction of sp³-hybridized carbons (Fsp3) is 0.188. The largest absolute Gasteiger partial charge is 0.497 e. The van der Waals surface area contributed by atoms with Gasteiger partial charge in [-0.1, -0.05) is 6.07 Å². The van der Waals surface area contributed by atoms with E-state index in [4.69, 9.17) is 9.47 Å². The fourth-order valence-corrected chi connectivity index (χ4v) is 2.35. The number of methoxy groups -OCH3 is 1. The number of anilines is 1. The minimum Gasteiger partial charge on any atom is -0.497 e. The topological polar surface area (TPSA) is 47.6 Å². The minimum atomic E-state index is -0.215. The number of carbonyl (C=O) groups excluding carboxylic acids is 1. The Bertz CT molecular complexity index is 626. The molecular weight excluding hydrogens is 334 g/mol. The van der Waals surface area contributed by atoms with Crippen LogP contribution in [0.25, 0.3) is 0 Å². The molecule has 0 bridgehead atoms. The molecule has 0 aliphatic carbocycles. The van der Waals surface area contributed by atoms with Gasteiger partial charge in [0.15, 0.2) is 6.61 Å². The fourth-order valence-electron chi connectivity index (χ4n) is 1.74. The molecule has 0 heterocycles. The number of hydrogen-bond acceptors (Lipinski definition) is 3. The lowest BCUT2D eigenvalue weighted by Gasteiger charge is -2.09.